The summed E-state index contributed by atoms with van der Waals surface area (Å²) in [4.78, 5) is 36.6. The Morgan fingerprint density at radius 2 is 1.89 bits per heavy atom. The molecule has 0 saturated carbocycles. The molecule has 3 rings (SSSR count). The van der Waals surface area contributed by atoms with Crippen molar-refractivity contribution in [2.45, 2.75) is 19.4 Å². The minimum absolute atomic E-state index is 0.0992. The van der Waals surface area contributed by atoms with Gasteiger partial charge in [-0.05, 0) is 17.7 Å². The molecule has 0 spiro atoms. The van der Waals surface area contributed by atoms with Crippen LogP contribution in [0.5, 0.6) is 17.4 Å². The lowest BCUT2D eigenvalue weighted by Gasteiger charge is -2.21. The number of benzene rings is 1. The number of hydrazone groups is 1. The number of aromatic hydroxyl groups is 2. The first-order valence-electron chi connectivity index (χ1n) is 8.40. The molecule has 1 amide bonds. The van der Waals surface area contributed by atoms with Gasteiger partial charge in [0.15, 0.2) is 11.5 Å². The predicted molar refractivity (Wildman–Crippen MR) is 99.7 cm³/mol. The Labute approximate surface area is 159 Å². The van der Waals surface area contributed by atoms with Gasteiger partial charge in [-0.2, -0.15) is 5.10 Å². The van der Waals surface area contributed by atoms with Crippen molar-refractivity contribution >= 4 is 11.6 Å². The molecule has 2 N–H and O–H groups in total. The zero-order valence-corrected chi connectivity index (χ0v) is 15.8. The summed E-state index contributed by atoms with van der Waals surface area (Å²) in [5.74, 6) is -0.718. The van der Waals surface area contributed by atoms with E-state index in [2.05, 4.69) is 5.10 Å². The first kappa shape index (κ1) is 19.2. The molecule has 1 aliphatic rings. The largest absolute Gasteiger partial charge is 0.504 e. The highest BCUT2D eigenvalue weighted by molar-refractivity contribution is 6.04. The van der Waals surface area contributed by atoms with E-state index >= 15 is 0 Å². The molecule has 0 saturated heterocycles. The van der Waals surface area contributed by atoms with E-state index in [0.29, 0.717) is 5.56 Å². The smallest absolute Gasteiger partial charge is 0.333 e. The third kappa shape index (κ3) is 2.92. The summed E-state index contributed by atoms with van der Waals surface area (Å²) in [6.45, 7) is 1.32. The van der Waals surface area contributed by atoms with Crippen LogP contribution in [0.15, 0.2) is 32.9 Å². The van der Waals surface area contributed by atoms with Crippen molar-refractivity contribution in [3.63, 3.8) is 0 Å². The highest BCUT2D eigenvalue weighted by Gasteiger charge is 2.35. The number of phenolic OH excluding ortho intramolecular Hbond substituents is 1. The van der Waals surface area contributed by atoms with Crippen molar-refractivity contribution < 1.29 is 19.7 Å². The highest BCUT2D eigenvalue weighted by atomic mass is 16.5. The SMILES string of the molecule is COc1ccc(C2CC(c3c(O)n(C)c(=O)n(C)c3=O)=NN2C(C)=O)cc1O. The summed E-state index contributed by atoms with van der Waals surface area (Å²) in [7, 11) is 4.05. The van der Waals surface area contributed by atoms with Crippen LogP contribution in [-0.4, -0.2) is 43.1 Å². The average Bonchev–Trinajstić information content (AvgIpc) is 3.10. The van der Waals surface area contributed by atoms with E-state index in [4.69, 9.17) is 4.74 Å². The summed E-state index contributed by atoms with van der Waals surface area (Å²) < 4.78 is 6.83. The number of aromatic nitrogens is 2. The normalized spacial score (nSPS) is 16.2. The zero-order valence-electron chi connectivity index (χ0n) is 15.8. The summed E-state index contributed by atoms with van der Waals surface area (Å²) in [6, 6.07) is 4.10. The van der Waals surface area contributed by atoms with Gasteiger partial charge in [-0.25, -0.2) is 9.80 Å². The number of carbonyl (C=O) groups excluding carboxylic acids is 1. The van der Waals surface area contributed by atoms with Crippen molar-refractivity contribution in [2.24, 2.45) is 19.2 Å². The van der Waals surface area contributed by atoms with Gasteiger partial charge in [0.05, 0.1) is 18.9 Å². The second kappa shape index (κ2) is 6.87. The van der Waals surface area contributed by atoms with Crippen LogP contribution < -0.4 is 16.0 Å². The Kier molecular flexibility index (Phi) is 4.72. The molecule has 148 valence electrons. The van der Waals surface area contributed by atoms with Gasteiger partial charge in [-0.1, -0.05) is 6.07 Å². The number of amides is 1. The lowest BCUT2D eigenvalue weighted by atomic mass is 9.98. The Hall–Kier alpha value is -3.56. The third-order valence-electron chi connectivity index (χ3n) is 4.74. The van der Waals surface area contributed by atoms with Crippen LogP contribution >= 0.6 is 0 Å². The first-order valence-corrected chi connectivity index (χ1v) is 8.40. The zero-order chi connectivity index (χ0) is 20.7. The molecular weight excluding hydrogens is 368 g/mol. The highest BCUT2D eigenvalue weighted by Crippen LogP contribution is 2.37. The van der Waals surface area contributed by atoms with Gasteiger partial charge in [0.1, 0.15) is 5.56 Å². The van der Waals surface area contributed by atoms with E-state index in [1.54, 1.807) is 12.1 Å². The minimum atomic E-state index is -0.707. The molecule has 2 heterocycles. The molecule has 10 heteroatoms. The van der Waals surface area contributed by atoms with Crippen LogP contribution in [0.2, 0.25) is 0 Å². The van der Waals surface area contributed by atoms with Gasteiger partial charge in [-0.3, -0.25) is 18.7 Å². The molecule has 0 radical (unpaired) electrons. The van der Waals surface area contributed by atoms with E-state index in [0.717, 1.165) is 9.13 Å². The van der Waals surface area contributed by atoms with Gasteiger partial charge >= 0.3 is 5.69 Å². The number of hydrogen-bond donors (Lipinski definition) is 2. The lowest BCUT2D eigenvalue weighted by molar-refractivity contribution is -0.130. The number of carbonyl (C=O) groups is 1. The van der Waals surface area contributed by atoms with Gasteiger partial charge in [0.2, 0.25) is 11.8 Å². The van der Waals surface area contributed by atoms with Crippen molar-refractivity contribution in [2.75, 3.05) is 7.11 Å². The lowest BCUT2D eigenvalue weighted by Crippen LogP contribution is -2.39. The maximum Gasteiger partial charge on any atom is 0.333 e. The first-order chi connectivity index (χ1) is 13.2. The number of nitrogens with zero attached hydrogens (tertiary/aromatic N) is 4. The molecule has 0 aliphatic carbocycles. The Bertz CT molecular complexity index is 1110. The second-order valence-electron chi connectivity index (χ2n) is 6.47. The maximum atomic E-state index is 12.6. The van der Waals surface area contributed by atoms with E-state index in [-0.39, 0.29) is 35.1 Å². The monoisotopic (exact) mass is 388 g/mol. The summed E-state index contributed by atoms with van der Waals surface area (Å²) in [5, 5.41) is 25.8. The molecule has 28 heavy (non-hydrogen) atoms. The molecular formula is C18H20N4O6. The molecule has 10 nitrogen and oxygen atoms in total. The average molecular weight is 388 g/mol. The molecule has 0 bridgehead atoms. The Morgan fingerprint density at radius 3 is 2.46 bits per heavy atom. The Balaban J connectivity index is 2.11. The number of methoxy groups -OCH3 is 1. The molecule has 1 aromatic heterocycles. The fourth-order valence-corrected chi connectivity index (χ4v) is 3.21. The Morgan fingerprint density at radius 1 is 1.21 bits per heavy atom. The quantitative estimate of drug-likeness (QED) is 0.774. The fraction of sp³-hybridized carbons (Fsp3) is 0.333. The van der Waals surface area contributed by atoms with Crippen LogP contribution in [0, 0.1) is 0 Å². The fourth-order valence-electron chi connectivity index (χ4n) is 3.21. The maximum absolute atomic E-state index is 12.6. The molecule has 0 fully saturated rings. The number of phenols is 1. The predicted octanol–water partition coefficient (Wildman–Crippen LogP) is 0.201. The van der Waals surface area contributed by atoms with Crippen molar-refractivity contribution in [1.82, 2.24) is 14.1 Å². The van der Waals surface area contributed by atoms with Gasteiger partial charge < -0.3 is 14.9 Å². The standard InChI is InChI=1S/C18H20N4O6/c1-9(23)22-12(10-5-6-14(28-4)13(24)7-10)8-11(19-22)15-16(25)20(2)18(27)21(3)17(15)26/h5-7,12,24-25H,8H2,1-4H3. The van der Waals surface area contributed by atoms with Gasteiger partial charge in [-0.15, -0.1) is 0 Å². The van der Waals surface area contributed by atoms with E-state index in [1.165, 1.54) is 39.2 Å². The molecule has 1 atom stereocenters. The number of hydrogen-bond acceptors (Lipinski definition) is 7. The molecule has 1 unspecified atom stereocenters. The summed E-state index contributed by atoms with van der Waals surface area (Å²) in [5.41, 5.74) is -0.778. The van der Waals surface area contributed by atoms with E-state index in [1.807, 2.05) is 0 Å². The minimum Gasteiger partial charge on any atom is -0.504 e. The van der Waals surface area contributed by atoms with Gasteiger partial charge in [0, 0.05) is 27.4 Å². The molecule has 2 aromatic rings. The van der Waals surface area contributed by atoms with E-state index in [9.17, 15) is 24.6 Å². The topological polar surface area (TPSA) is 126 Å². The number of rotatable bonds is 3. The van der Waals surface area contributed by atoms with Crippen LogP contribution in [0.4, 0.5) is 0 Å². The van der Waals surface area contributed by atoms with E-state index < -0.39 is 23.2 Å². The van der Waals surface area contributed by atoms with Gasteiger partial charge in [0.25, 0.3) is 5.56 Å². The molecule has 1 aliphatic heterocycles. The number of ether oxygens (including phenoxy) is 1. The summed E-state index contributed by atoms with van der Waals surface area (Å²) in [6.07, 6.45) is 0.117. The molecule has 1 aromatic carbocycles. The second-order valence-corrected chi connectivity index (χ2v) is 6.47. The third-order valence-corrected chi connectivity index (χ3v) is 4.74. The van der Waals surface area contributed by atoms with Crippen molar-refractivity contribution in [1.29, 1.82) is 0 Å². The van der Waals surface area contributed by atoms with Crippen LogP contribution in [0.1, 0.15) is 30.5 Å². The summed E-state index contributed by atoms with van der Waals surface area (Å²) >= 11 is 0. The van der Waals surface area contributed by atoms with Crippen molar-refractivity contribution in [3.8, 4) is 17.4 Å². The van der Waals surface area contributed by atoms with Crippen molar-refractivity contribution in [3.05, 3.63) is 50.2 Å². The van der Waals surface area contributed by atoms with Crippen LogP contribution in [-0.2, 0) is 18.9 Å². The van der Waals surface area contributed by atoms with Crippen LogP contribution in [0.3, 0.4) is 0 Å². The van der Waals surface area contributed by atoms with Crippen LogP contribution in [0.25, 0.3) is 0 Å².